The Bertz CT molecular complexity index is 439. The van der Waals surface area contributed by atoms with Crippen molar-refractivity contribution in [3.8, 4) is 0 Å². The Kier molecular flexibility index (Phi) is 5.19. The van der Waals surface area contributed by atoms with E-state index in [1.807, 2.05) is 18.2 Å². The second kappa shape index (κ2) is 6.89. The van der Waals surface area contributed by atoms with Crippen LogP contribution in [-0.4, -0.2) is 50.2 Å². The smallest absolute Gasteiger partial charge is 0.251 e. The van der Waals surface area contributed by atoms with Gasteiger partial charge in [-0.3, -0.25) is 4.79 Å². The van der Waals surface area contributed by atoms with Crippen LogP contribution in [0.5, 0.6) is 0 Å². The largest absolute Gasteiger partial charge is 0.374 e. The molecule has 1 N–H and O–H groups in total. The van der Waals surface area contributed by atoms with Gasteiger partial charge in [0.1, 0.15) is 0 Å². The standard InChI is InChI=1S/C14H19ClN2O2/c1-17-5-6-19-13(10-17)9-16-14(18)12-4-2-3-11(7-12)8-15/h2-4,7,13H,5-6,8-10H2,1H3,(H,16,18). The average Bonchev–Trinajstić information content (AvgIpc) is 2.45. The molecule has 2 rings (SSSR count). The van der Waals surface area contributed by atoms with Crippen molar-refractivity contribution in [3.63, 3.8) is 0 Å². The van der Waals surface area contributed by atoms with Gasteiger partial charge in [-0.25, -0.2) is 0 Å². The van der Waals surface area contributed by atoms with Crippen LogP contribution in [0.15, 0.2) is 24.3 Å². The SMILES string of the molecule is CN1CCOC(CNC(=O)c2cccc(CCl)c2)C1. The summed E-state index contributed by atoms with van der Waals surface area (Å²) in [7, 11) is 2.06. The molecule has 19 heavy (non-hydrogen) atoms. The fraction of sp³-hybridized carbons (Fsp3) is 0.500. The predicted molar refractivity (Wildman–Crippen MR) is 75.6 cm³/mol. The number of carbonyl (C=O) groups excluding carboxylic acids is 1. The molecule has 1 saturated heterocycles. The third kappa shape index (κ3) is 4.20. The number of morpholine rings is 1. The lowest BCUT2D eigenvalue weighted by Crippen LogP contribution is -2.45. The lowest BCUT2D eigenvalue weighted by Gasteiger charge is -2.30. The Labute approximate surface area is 118 Å². The van der Waals surface area contributed by atoms with E-state index in [2.05, 4.69) is 17.3 Å². The number of rotatable bonds is 4. The number of benzene rings is 1. The summed E-state index contributed by atoms with van der Waals surface area (Å²) < 4.78 is 5.60. The van der Waals surface area contributed by atoms with Gasteiger partial charge in [0.25, 0.3) is 5.91 Å². The van der Waals surface area contributed by atoms with Gasteiger partial charge in [-0.05, 0) is 24.7 Å². The Morgan fingerprint density at radius 1 is 1.58 bits per heavy atom. The number of carbonyl (C=O) groups is 1. The van der Waals surface area contributed by atoms with E-state index < -0.39 is 0 Å². The number of amides is 1. The minimum Gasteiger partial charge on any atom is -0.374 e. The van der Waals surface area contributed by atoms with Crippen molar-refractivity contribution in [1.82, 2.24) is 10.2 Å². The van der Waals surface area contributed by atoms with Crippen LogP contribution in [0.3, 0.4) is 0 Å². The summed E-state index contributed by atoms with van der Waals surface area (Å²) in [5, 5.41) is 2.91. The molecule has 5 heteroatoms. The van der Waals surface area contributed by atoms with Gasteiger partial charge in [-0.15, -0.1) is 11.6 Å². The number of alkyl halides is 1. The van der Waals surface area contributed by atoms with Gasteiger partial charge in [0.05, 0.1) is 12.7 Å². The first-order valence-corrected chi connectivity index (χ1v) is 6.95. The number of hydrogen-bond acceptors (Lipinski definition) is 3. The Morgan fingerprint density at radius 2 is 2.42 bits per heavy atom. The highest BCUT2D eigenvalue weighted by Crippen LogP contribution is 2.08. The van der Waals surface area contributed by atoms with Crippen LogP contribution in [0.2, 0.25) is 0 Å². The quantitative estimate of drug-likeness (QED) is 0.851. The van der Waals surface area contributed by atoms with E-state index in [-0.39, 0.29) is 12.0 Å². The molecule has 1 aliphatic heterocycles. The first-order chi connectivity index (χ1) is 9.19. The summed E-state index contributed by atoms with van der Waals surface area (Å²) in [6, 6.07) is 7.36. The zero-order valence-corrected chi connectivity index (χ0v) is 11.8. The van der Waals surface area contributed by atoms with E-state index in [4.69, 9.17) is 16.3 Å². The molecule has 0 spiro atoms. The third-order valence-electron chi connectivity index (χ3n) is 3.18. The topological polar surface area (TPSA) is 41.6 Å². The van der Waals surface area contributed by atoms with Gasteiger partial charge < -0.3 is 15.0 Å². The third-order valence-corrected chi connectivity index (χ3v) is 3.48. The number of likely N-dealkylation sites (N-methyl/N-ethyl adjacent to an activating group) is 1. The van der Waals surface area contributed by atoms with Crippen LogP contribution in [-0.2, 0) is 10.6 Å². The lowest BCUT2D eigenvalue weighted by molar-refractivity contribution is -0.0175. The van der Waals surface area contributed by atoms with E-state index >= 15 is 0 Å². The number of nitrogens with one attached hydrogen (secondary N) is 1. The highest BCUT2D eigenvalue weighted by Gasteiger charge is 2.18. The summed E-state index contributed by atoms with van der Waals surface area (Å²) >= 11 is 5.76. The van der Waals surface area contributed by atoms with E-state index in [9.17, 15) is 4.79 Å². The number of halogens is 1. The number of hydrogen-bond donors (Lipinski definition) is 1. The zero-order valence-electron chi connectivity index (χ0n) is 11.1. The number of ether oxygens (including phenoxy) is 1. The molecule has 1 unspecified atom stereocenters. The maximum absolute atomic E-state index is 12.0. The fourth-order valence-electron chi connectivity index (χ4n) is 2.09. The summed E-state index contributed by atoms with van der Waals surface area (Å²) in [6.07, 6.45) is 0.0684. The molecule has 0 saturated carbocycles. The van der Waals surface area contributed by atoms with Gasteiger partial charge in [-0.2, -0.15) is 0 Å². The monoisotopic (exact) mass is 282 g/mol. The second-order valence-corrected chi connectivity index (χ2v) is 5.07. The highest BCUT2D eigenvalue weighted by molar-refractivity contribution is 6.17. The Morgan fingerprint density at radius 3 is 3.16 bits per heavy atom. The van der Waals surface area contributed by atoms with E-state index in [1.54, 1.807) is 6.07 Å². The van der Waals surface area contributed by atoms with Crippen molar-refractivity contribution in [3.05, 3.63) is 35.4 Å². The summed E-state index contributed by atoms with van der Waals surface area (Å²) in [5.74, 6) is 0.335. The summed E-state index contributed by atoms with van der Waals surface area (Å²) in [5.41, 5.74) is 1.59. The van der Waals surface area contributed by atoms with Gasteiger partial charge in [0.15, 0.2) is 0 Å². The molecule has 1 aliphatic rings. The van der Waals surface area contributed by atoms with Crippen molar-refractivity contribution in [1.29, 1.82) is 0 Å². The fourth-order valence-corrected chi connectivity index (χ4v) is 2.26. The van der Waals surface area contributed by atoms with E-state index in [1.165, 1.54) is 0 Å². The van der Waals surface area contributed by atoms with Crippen LogP contribution in [0.25, 0.3) is 0 Å². The van der Waals surface area contributed by atoms with Crippen molar-refractivity contribution >= 4 is 17.5 Å². The first kappa shape index (κ1) is 14.3. The van der Waals surface area contributed by atoms with Crippen molar-refractivity contribution in [2.24, 2.45) is 0 Å². The van der Waals surface area contributed by atoms with Crippen molar-refractivity contribution in [2.75, 3.05) is 33.3 Å². The molecule has 1 aromatic rings. The van der Waals surface area contributed by atoms with Crippen LogP contribution in [0.4, 0.5) is 0 Å². The van der Waals surface area contributed by atoms with E-state index in [0.29, 0.717) is 18.0 Å². The predicted octanol–water partition coefficient (Wildman–Crippen LogP) is 1.49. The average molecular weight is 283 g/mol. The Hall–Kier alpha value is -1.10. The molecular formula is C14H19ClN2O2. The Balaban J connectivity index is 1.86. The van der Waals surface area contributed by atoms with Crippen molar-refractivity contribution in [2.45, 2.75) is 12.0 Å². The van der Waals surface area contributed by atoms with Crippen LogP contribution < -0.4 is 5.32 Å². The highest BCUT2D eigenvalue weighted by atomic mass is 35.5. The minimum atomic E-state index is -0.0798. The van der Waals surface area contributed by atoms with Crippen LogP contribution in [0, 0.1) is 0 Å². The molecule has 104 valence electrons. The van der Waals surface area contributed by atoms with E-state index in [0.717, 1.165) is 25.3 Å². The zero-order chi connectivity index (χ0) is 13.7. The molecule has 1 fully saturated rings. The normalized spacial score (nSPS) is 20.2. The molecule has 1 amide bonds. The van der Waals surface area contributed by atoms with Gasteiger partial charge in [-0.1, -0.05) is 12.1 Å². The molecular weight excluding hydrogens is 264 g/mol. The maximum atomic E-state index is 12.0. The van der Waals surface area contributed by atoms with Gasteiger partial charge in [0, 0.05) is 31.1 Å². The maximum Gasteiger partial charge on any atom is 0.251 e. The minimum absolute atomic E-state index is 0.0684. The molecule has 4 nitrogen and oxygen atoms in total. The molecule has 0 aromatic heterocycles. The molecule has 0 radical (unpaired) electrons. The van der Waals surface area contributed by atoms with Crippen molar-refractivity contribution < 1.29 is 9.53 Å². The van der Waals surface area contributed by atoms with Crippen LogP contribution in [0.1, 0.15) is 15.9 Å². The molecule has 1 aromatic carbocycles. The first-order valence-electron chi connectivity index (χ1n) is 6.42. The summed E-state index contributed by atoms with van der Waals surface area (Å²) in [4.78, 5) is 14.2. The van der Waals surface area contributed by atoms with Gasteiger partial charge in [0.2, 0.25) is 0 Å². The molecule has 0 bridgehead atoms. The molecule has 1 heterocycles. The number of nitrogens with zero attached hydrogens (tertiary/aromatic N) is 1. The molecule has 1 atom stereocenters. The molecule has 0 aliphatic carbocycles. The van der Waals surface area contributed by atoms with Crippen LogP contribution >= 0.6 is 11.6 Å². The second-order valence-electron chi connectivity index (χ2n) is 4.80. The summed E-state index contributed by atoms with van der Waals surface area (Å²) in [6.45, 7) is 3.05. The lowest BCUT2D eigenvalue weighted by atomic mass is 10.1. The van der Waals surface area contributed by atoms with Gasteiger partial charge >= 0.3 is 0 Å².